The molecule has 0 bridgehead atoms. The summed E-state index contributed by atoms with van der Waals surface area (Å²) in [6.07, 6.45) is 1.51. The van der Waals surface area contributed by atoms with Crippen molar-refractivity contribution in [2.75, 3.05) is 7.11 Å². The summed E-state index contributed by atoms with van der Waals surface area (Å²) in [4.78, 5) is 18.3. The number of methoxy groups -OCH3 is 1. The third-order valence-corrected chi connectivity index (χ3v) is 7.90. The SMILES string of the molecule is COc1cccc2oc(-c3nc4ccccc4c(=O)n3N=Cc3cc(Cl)c(OCc4ccc(Cl)cc4Cl)c(Br)c3)cc12. The zero-order valence-corrected chi connectivity index (χ0v) is 25.6. The molecule has 11 heteroatoms. The third-order valence-electron chi connectivity index (χ3n) is 6.45. The second kappa shape index (κ2) is 11.8. The Morgan fingerprint density at radius 3 is 2.60 bits per heavy atom. The van der Waals surface area contributed by atoms with Crippen molar-refractivity contribution in [3.8, 4) is 23.1 Å². The van der Waals surface area contributed by atoms with Crippen LogP contribution in [0.1, 0.15) is 11.1 Å². The molecule has 4 aromatic carbocycles. The van der Waals surface area contributed by atoms with Crippen LogP contribution < -0.4 is 15.0 Å². The van der Waals surface area contributed by atoms with E-state index in [1.165, 1.54) is 10.9 Å². The van der Waals surface area contributed by atoms with Crippen molar-refractivity contribution >= 4 is 78.8 Å². The minimum Gasteiger partial charge on any atom is -0.496 e. The lowest BCUT2D eigenvalue weighted by molar-refractivity contribution is 0.304. The summed E-state index contributed by atoms with van der Waals surface area (Å²) in [7, 11) is 1.59. The molecule has 0 spiro atoms. The van der Waals surface area contributed by atoms with Crippen LogP contribution >= 0.6 is 50.7 Å². The molecule has 6 rings (SSSR count). The maximum absolute atomic E-state index is 13.6. The summed E-state index contributed by atoms with van der Waals surface area (Å²) in [6, 6.07) is 23.0. The first kappa shape index (κ1) is 28.3. The molecular formula is C31H19BrCl3N3O4. The second-order valence-electron chi connectivity index (χ2n) is 9.13. The molecule has 6 aromatic rings. The number of furan rings is 1. The molecule has 210 valence electrons. The number of hydrogen-bond donors (Lipinski definition) is 0. The molecule has 42 heavy (non-hydrogen) atoms. The summed E-state index contributed by atoms with van der Waals surface area (Å²) < 4.78 is 19.3. The Balaban J connectivity index is 1.38. The summed E-state index contributed by atoms with van der Waals surface area (Å²) in [6.45, 7) is 0.186. The smallest absolute Gasteiger partial charge is 0.282 e. The number of ether oxygens (including phenoxy) is 2. The van der Waals surface area contributed by atoms with Crippen molar-refractivity contribution in [1.29, 1.82) is 0 Å². The Morgan fingerprint density at radius 1 is 0.976 bits per heavy atom. The van der Waals surface area contributed by atoms with Gasteiger partial charge in [0.05, 0.1) is 39.1 Å². The number of hydrogen-bond acceptors (Lipinski definition) is 6. The largest absolute Gasteiger partial charge is 0.496 e. The van der Waals surface area contributed by atoms with Gasteiger partial charge >= 0.3 is 0 Å². The fraction of sp³-hybridized carbons (Fsp3) is 0.0645. The molecule has 0 radical (unpaired) electrons. The van der Waals surface area contributed by atoms with Gasteiger partial charge in [-0.15, -0.1) is 0 Å². The van der Waals surface area contributed by atoms with E-state index >= 15 is 0 Å². The maximum Gasteiger partial charge on any atom is 0.282 e. The zero-order valence-electron chi connectivity index (χ0n) is 21.8. The van der Waals surface area contributed by atoms with Crippen molar-refractivity contribution in [2.45, 2.75) is 6.61 Å². The van der Waals surface area contributed by atoms with Gasteiger partial charge in [0, 0.05) is 15.6 Å². The molecule has 0 saturated carbocycles. The normalized spacial score (nSPS) is 11.5. The van der Waals surface area contributed by atoms with Gasteiger partial charge in [-0.05, 0) is 76.1 Å². The molecule has 0 aliphatic carbocycles. The Bertz CT molecular complexity index is 2050. The van der Waals surface area contributed by atoms with E-state index in [1.54, 1.807) is 61.7 Å². The number of rotatable bonds is 7. The van der Waals surface area contributed by atoms with E-state index < -0.39 is 0 Å². The maximum atomic E-state index is 13.6. The lowest BCUT2D eigenvalue weighted by Gasteiger charge is -2.12. The average molecular weight is 684 g/mol. The number of fused-ring (bicyclic) bond motifs is 2. The van der Waals surface area contributed by atoms with Gasteiger partial charge in [-0.2, -0.15) is 9.78 Å². The summed E-state index contributed by atoms with van der Waals surface area (Å²) in [5.74, 6) is 1.67. The summed E-state index contributed by atoms with van der Waals surface area (Å²) in [5.41, 5.74) is 2.12. The van der Waals surface area contributed by atoms with Crippen molar-refractivity contribution in [3.05, 3.63) is 120 Å². The van der Waals surface area contributed by atoms with Gasteiger partial charge < -0.3 is 13.9 Å². The molecule has 0 amide bonds. The first-order valence-corrected chi connectivity index (χ1v) is 14.4. The highest BCUT2D eigenvalue weighted by atomic mass is 79.9. The monoisotopic (exact) mass is 681 g/mol. The van der Waals surface area contributed by atoms with Gasteiger partial charge in [-0.3, -0.25) is 4.79 Å². The van der Waals surface area contributed by atoms with E-state index in [2.05, 4.69) is 21.0 Å². The van der Waals surface area contributed by atoms with E-state index in [0.717, 1.165) is 10.9 Å². The predicted molar refractivity (Wildman–Crippen MR) is 171 cm³/mol. The highest BCUT2D eigenvalue weighted by Crippen LogP contribution is 2.36. The molecule has 0 aliphatic rings. The predicted octanol–water partition coefficient (Wildman–Crippen LogP) is 9.00. The lowest BCUT2D eigenvalue weighted by atomic mass is 10.2. The molecule has 0 N–H and O–H groups in total. The molecule has 2 heterocycles. The van der Waals surface area contributed by atoms with E-state index in [4.69, 9.17) is 53.7 Å². The standard InChI is InChI=1S/C31H19BrCl3N3O4/c1-40-26-7-4-8-27-21(26)14-28(42-27)30-37-25-6-3-2-5-20(25)31(39)38(30)36-15-17-11-22(32)29(24(35)12-17)41-16-18-9-10-19(33)13-23(18)34/h2-15H,16H2,1H3. The second-order valence-corrected chi connectivity index (χ2v) is 11.2. The minimum absolute atomic E-state index is 0.186. The fourth-order valence-corrected chi connectivity index (χ4v) is 5.87. The molecule has 0 aliphatic heterocycles. The van der Waals surface area contributed by atoms with Crippen LogP contribution in [-0.2, 0) is 6.61 Å². The Hall–Kier alpha value is -3.82. The van der Waals surface area contributed by atoms with Crippen molar-refractivity contribution in [3.63, 3.8) is 0 Å². The highest BCUT2D eigenvalue weighted by Gasteiger charge is 2.18. The van der Waals surface area contributed by atoms with Crippen LogP contribution in [-0.4, -0.2) is 23.0 Å². The van der Waals surface area contributed by atoms with Gasteiger partial charge in [-0.1, -0.05) is 59.1 Å². The fourth-order valence-electron chi connectivity index (χ4n) is 4.42. The van der Waals surface area contributed by atoms with Crippen LogP contribution in [0.2, 0.25) is 15.1 Å². The molecule has 0 saturated heterocycles. The van der Waals surface area contributed by atoms with Gasteiger partial charge in [-0.25, -0.2) is 4.98 Å². The molecule has 0 atom stereocenters. The minimum atomic E-state index is -0.357. The summed E-state index contributed by atoms with van der Waals surface area (Å²) in [5, 5.41) is 7.05. The van der Waals surface area contributed by atoms with Gasteiger partial charge in [0.1, 0.15) is 17.9 Å². The molecule has 7 nitrogen and oxygen atoms in total. The number of benzene rings is 4. The van der Waals surface area contributed by atoms with E-state index in [9.17, 15) is 4.79 Å². The Labute approximate surface area is 263 Å². The first-order chi connectivity index (χ1) is 20.3. The van der Waals surface area contributed by atoms with Gasteiger partial charge in [0.25, 0.3) is 5.56 Å². The topological polar surface area (TPSA) is 78.9 Å². The average Bonchev–Trinajstić information content (AvgIpc) is 3.42. The van der Waals surface area contributed by atoms with Gasteiger partial charge in [0.2, 0.25) is 5.82 Å². The van der Waals surface area contributed by atoms with E-state index in [0.29, 0.717) is 58.8 Å². The quantitative estimate of drug-likeness (QED) is 0.157. The van der Waals surface area contributed by atoms with Crippen LogP contribution in [0.15, 0.2) is 97.6 Å². The Morgan fingerprint density at radius 2 is 1.81 bits per heavy atom. The lowest BCUT2D eigenvalue weighted by Crippen LogP contribution is -2.20. The van der Waals surface area contributed by atoms with Gasteiger partial charge in [0.15, 0.2) is 11.5 Å². The molecule has 0 fully saturated rings. The number of para-hydroxylation sites is 1. The van der Waals surface area contributed by atoms with Crippen LogP contribution in [0.3, 0.4) is 0 Å². The molecule has 0 unspecified atom stereocenters. The first-order valence-electron chi connectivity index (χ1n) is 12.5. The number of aromatic nitrogens is 2. The molecular weight excluding hydrogens is 665 g/mol. The number of nitrogens with zero attached hydrogens (tertiary/aromatic N) is 3. The number of halogens is 4. The van der Waals surface area contributed by atoms with Crippen LogP contribution in [0.4, 0.5) is 0 Å². The van der Waals surface area contributed by atoms with Crippen molar-refractivity contribution < 1.29 is 13.9 Å². The molecule has 2 aromatic heterocycles. The highest BCUT2D eigenvalue weighted by molar-refractivity contribution is 9.10. The van der Waals surface area contributed by atoms with Crippen LogP contribution in [0.5, 0.6) is 11.5 Å². The summed E-state index contributed by atoms with van der Waals surface area (Å²) >= 11 is 22.4. The Kier molecular flexibility index (Phi) is 7.96. The van der Waals surface area contributed by atoms with Crippen LogP contribution in [0, 0.1) is 0 Å². The van der Waals surface area contributed by atoms with Crippen molar-refractivity contribution in [2.24, 2.45) is 5.10 Å². The van der Waals surface area contributed by atoms with E-state index in [-0.39, 0.29) is 18.0 Å². The zero-order chi connectivity index (χ0) is 29.4. The van der Waals surface area contributed by atoms with Crippen LogP contribution in [0.25, 0.3) is 33.5 Å². The third kappa shape index (κ3) is 5.51. The van der Waals surface area contributed by atoms with Crippen molar-refractivity contribution in [1.82, 2.24) is 9.66 Å². The van der Waals surface area contributed by atoms with E-state index in [1.807, 2.05) is 24.3 Å².